The highest BCUT2D eigenvalue weighted by Crippen LogP contribution is 2.31. The van der Waals surface area contributed by atoms with E-state index in [0.29, 0.717) is 17.9 Å². The van der Waals surface area contributed by atoms with Crippen molar-refractivity contribution in [3.63, 3.8) is 0 Å². The molecule has 0 aliphatic carbocycles. The summed E-state index contributed by atoms with van der Waals surface area (Å²) in [6.45, 7) is 2.59. The van der Waals surface area contributed by atoms with Gasteiger partial charge < -0.3 is 10.6 Å². The summed E-state index contributed by atoms with van der Waals surface area (Å²) in [6.07, 6.45) is -4.41. The summed E-state index contributed by atoms with van der Waals surface area (Å²) >= 11 is 0. The van der Waals surface area contributed by atoms with Crippen LogP contribution in [0, 0.1) is 6.92 Å². The maximum Gasteiger partial charge on any atom is 0.416 e. The second-order valence-electron chi connectivity index (χ2n) is 6.96. The standard InChI is InChI=1S/C23H19F3N4/c1-15-9-11-16(12-10-15)14-27-21-19-7-2-3-8-20(19)29-22(30-21)28-18-6-4-5-17(13-18)23(24,25)26/h2-13H,14H2,1H3,(H2,27,28,29,30). The van der Waals surface area contributed by atoms with Crippen LogP contribution < -0.4 is 10.6 Å². The van der Waals surface area contributed by atoms with Gasteiger partial charge in [0, 0.05) is 17.6 Å². The van der Waals surface area contributed by atoms with Crippen LogP contribution in [-0.4, -0.2) is 9.97 Å². The summed E-state index contributed by atoms with van der Waals surface area (Å²) in [5.41, 5.74) is 2.50. The third-order valence-corrected chi connectivity index (χ3v) is 4.63. The van der Waals surface area contributed by atoms with Crippen LogP contribution in [0.2, 0.25) is 0 Å². The summed E-state index contributed by atoms with van der Waals surface area (Å²) in [7, 11) is 0. The van der Waals surface area contributed by atoms with Gasteiger partial charge in [-0.2, -0.15) is 18.2 Å². The van der Waals surface area contributed by atoms with Gasteiger partial charge >= 0.3 is 6.18 Å². The van der Waals surface area contributed by atoms with Gasteiger partial charge in [0.1, 0.15) is 5.82 Å². The van der Waals surface area contributed by atoms with Crippen molar-refractivity contribution in [2.75, 3.05) is 10.6 Å². The van der Waals surface area contributed by atoms with E-state index in [1.807, 2.05) is 55.5 Å². The minimum Gasteiger partial charge on any atom is -0.365 e. The lowest BCUT2D eigenvalue weighted by atomic mass is 10.1. The zero-order chi connectivity index (χ0) is 21.1. The SMILES string of the molecule is Cc1ccc(CNc2nc(Nc3cccc(C(F)(F)F)c3)nc3ccccc23)cc1. The second kappa shape index (κ2) is 8.02. The lowest BCUT2D eigenvalue weighted by molar-refractivity contribution is -0.137. The Morgan fingerprint density at radius 2 is 1.63 bits per heavy atom. The molecule has 0 spiro atoms. The fourth-order valence-corrected chi connectivity index (χ4v) is 3.06. The first-order valence-electron chi connectivity index (χ1n) is 9.39. The van der Waals surface area contributed by atoms with Crippen molar-refractivity contribution in [1.82, 2.24) is 9.97 Å². The largest absolute Gasteiger partial charge is 0.416 e. The first kappa shape index (κ1) is 19.7. The number of para-hydroxylation sites is 1. The molecule has 0 radical (unpaired) electrons. The van der Waals surface area contributed by atoms with E-state index in [9.17, 15) is 13.2 Å². The van der Waals surface area contributed by atoms with Crippen LogP contribution in [0.5, 0.6) is 0 Å². The first-order chi connectivity index (χ1) is 14.4. The average molecular weight is 408 g/mol. The minimum atomic E-state index is -4.41. The molecule has 30 heavy (non-hydrogen) atoms. The molecule has 3 aromatic carbocycles. The number of rotatable bonds is 5. The smallest absolute Gasteiger partial charge is 0.365 e. The van der Waals surface area contributed by atoms with Gasteiger partial charge in [-0.15, -0.1) is 0 Å². The molecule has 4 aromatic rings. The average Bonchev–Trinajstić information content (AvgIpc) is 2.73. The monoisotopic (exact) mass is 408 g/mol. The normalized spacial score (nSPS) is 11.5. The molecular weight excluding hydrogens is 389 g/mol. The van der Waals surface area contributed by atoms with E-state index in [1.165, 1.54) is 11.6 Å². The van der Waals surface area contributed by atoms with Gasteiger partial charge in [-0.25, -0.2) is 4.98 Å². The van der Waals surface area contributed by atoms with Gasteiger partial charge in [-0.05, 0) is 42.8 Å². The number of anilines is 3. The van der Waals surface area contributed by atoms with Gasteiger partial charge in [0.15, 0.2) is 0 Å². The summed E-state index contributed by atoms with van der Waals surface area (Å²) in [4.78, 5) is 8.95. The highest BCUT2D eigenvalue weighted by molar-refractivity contribution is 5.90. The van der Waals surface area contributed by atoms with Gasteiger partial charge in [0.25, 0.3) is 0 Å². The molecule has 0 saturated heterocycles. The van der Waals surface area contributed by atoms with Gasteiger partial charge in [-0.3, -0.25) is 0 Å². The van der Waals surface area contributed by atoms with E-state index >= 15 is 0 Å². The quantitative estimate of drug-likeness (QED) is 0.406. The lowest BCUT2D eigenvalue weighted by Gasteiger charge is -2.13. The molecule has 1 aromatic heterocycles. The van der Waals surface area contributed by atoms with Crippen molar-refractivity contribution in [2.24, 2.45) is 0 Å². The van der Waals surface area contributed by atoms with Gasteiger partial charge in [-0.1, -0.05) is 48.0 Å². The van der Waals surface area contributed by atoms with Crippen LogP contribution in [0.4, 0.5) is 30.6 Å². The van der Waals surface area contributed by atoms with E-state index in [-0.39, 0.29) is 11.6 Å². The number of alkyl halides is 3. The number of aromatic nitrogens is 2. The molecule has 1 heterocycles. The summed E-state index contributed by atoms with van der Waals surface area (Å²) in [5, 5.41) is 7.04. The second-order valence-corrected chi connectivity index (χ2v) is 6.96. The van der Waals surface area contributed by atoms with E-state index in [0.717, 1.165) is 23.1 Å². The molecule has 0 atom stereocenters. The Labute approximate surface area is 171 Å². The first-order valence-corrected chi connectivity index (χ1v) is 9.39. The summed E-state index contributed by atoms with van der Waals surface area (Å²) in [6, 6.07) is 20.6. The third-order valence-electron chi connectivity index (χ3n) is 4.63. The number of hydrogen-bond donors (Lipinski definition) is 2. The number of benzene rings is 3. The molecule has 0 fully saturated rings. The van der Waals surface area contributed by atoms with Crippen LogP contribution in [0.25, 0.3) is 10.9 Å². The summed E-state index contributed by atoms with van der Waals surface area (Å²) in [5.74, 6) is 0.829. The van der Waals surface area contributed by atoms with Crippen LogP contribution in [-0.2, 0) is 12.7 Å². The fourth-order valence-electron chi connectivity index (χ4n) is 3.06. The van der Waals surface area contributed by atoms with Crippen molar-refractivity contribution in [3.05, 3.63) is 89.5 Å². The molecule has 4 rings (SSSR count). The molecule has 0 saturated carbocycles. The summed E-state index contributed by atoms with van der Waals surface area (Å²) < 4.78 is 39.0. The molecule has 2 N–H and O–H groups in total. The molecule has 4 nitrogen and oxygen atoms in total. The van der Waals surface area contributed by atoms with Gasteiger partial charge in [0.05, 0.1) is 11.1 Å². The number of fused-ring (bicyclic) bond motifs is 1. The number of aryl methyl sites for hydroxylation is 1. The van der Waals surface area contributed by atoms with Crippen LogP contribution >= 0.6 is 0 Å². The highest BCUT2D eigenvalue weighted by Gasteiger charge is 2.30. The maximum atomic E-state index is 13.0. The Hall–Kier alpha value is -3.61. The van der Waals surface area contributed by atoms with Crippen LogP contribution in [0.15, 0.2) is 72.8 Å². The minimum absolute atomic E-state index is 0.222. The van der Waals surface area contributed by atoms with Crippen molar-refractivity contribution in [3.8, 4) is 0 Å². The molecule has 152 valence electrons. The number of nitrogens with one attached hydrogen (secondary N) is 2. The Kier molecular flexibility index (Phi) is 5.27. The number of hydrogen-bond acceptors (Lipinski definition) is 4. The Bertz CT molecular complexity index is 1170. The zero-order valence-corrected chi connectivity index (χ0v) is 16.2. The number of nitrogens with zero attached hydrogens (tertiary/aromatic N) is 2. The number of halogens is 3. The van der Waals surface area contributed by atoms with Crippen molar-refractivity contribution < 1.29 is 13.2 Å². The van der Waals surface area contributed by atoms with E-state index < -0.39 is 11.7 Å². The molecule has 7 heteroatoms. The van der Waals surface area contributed by atoms with Crippen molar-refractivity contribution in [2.45, 2.75) is 19.6 Å². The van der Waals surface area contributed by atoms with E-state index in [4.69, 9.17) is 0 Å². The molecule has 0 aliphatic heterocycles. The predicted octanol–water partition coefficient (Wildman–Crippen LogP) is 6.31. The predicted molar refractivity (Wildman–Crippen MR) is 113 cm³/mol. The van der Waals surface area contributed by atoms with E-state index in [1.54, 1.807) is 6.07 Å². The molecular formula is C23H19F3N4. The zero-order valence-electron chi connectivity index (χ0n) is 16.2. The molecule has 0 bridgehead atoms. The third kappa shape index (κ3) is 4.51. The maximum absolute atomic E-state index is 13.0. The van der Waals surface area contributed by atoms with Crippen LogP contribution in [0.1, 0.15) is 16.7 Å². The Morgan fingerprint density at radius 3 is 2.40 bits per heavy atom. The van der Waals surface area contributed by atoms with Crippen LogP contribution in [0.3, 0.4) is 0 Å². The van der Waals surface area contributed by atoms with Crippen molar-refractivity contribution >= 4 is 28.4 Å². The van der Waals surface area contributed by atoms with Gasteiger partial charge in [0.2, 0.25) is 5.95 Å². The molecule has 0 aliphatic rings. The lowest BCUT2D eigenvalue weighted by Crippen LogP contribution is -2.07. The highest BCUT2D eigenvalue weighted by atomic mass is 19.4. The Balaban J connectivity index is 1.64. The fraction of sp³-hybridized carbons (Fsp3) is 0.130. The molecule has 0 amide bonds. The topological polar surface area (TPSA) is 49.8 Å². The Morgan fingerprint density at radius 1 is 0.867 bits per heavy atom. The van der Waals surface area contributed by atoms with Crippen molar-refractivity contribution in [1.29, 1.82) is 0 Å². The van der Waals surface area contributed by atoms with E-state index in [2.05, 4.69) is 20.6 Å². The molecule has 0 unspecified atom stereocenters.